The average Bonchev–Trinajstić information content (AvgIpc) is 3.27. The van der Waals surface area contributed by atoms with Gasteiger partial charge in [0.1, 0.15) is 5.75 Å². The summed E-state index contributed by atoms with van der Waals surface area (Å²) >= 11 is 6.18. The number of hydrogen-bond donors (Lipinski definition) is 1. The minimum absolute atomic E-state index is 0.0876. The SMILES string of the molecule is COc1cccc(Cl)c1CC(=O)N1C[C@H](C(=O)O)[C@@H](C2CC2)C1. The number of carbonyl (C=O) groups excluding carboxylic acids is 1. The van der Waals surface area contributed by atoms with E-state index in [0.717, 1.165) is 12.8 Å². The Morgan fingerprint density at radius 3 is 2.70 bits per heavy atom. The number of methoxy groups -OCH3 is 1. The number of rotatable bonds is 5. The zero-order chi connectivity index (χ0) is 16.6. The predicted molar refractivity (Wildman–Crippen MR) is 85.6 cm³/mol. The molecule has 0 aromatic heterocycles. The first-order valence-corrected chi connectivity index (χ1v) is 8.21. The quantitative estimate of drug-likeness (QED) is 0.896. The minimum Gasteiger partial charge on any atom is -0.496 e. The zero-order valence-electron chi connectivity index (χ0n) is 13.0. The van der Waals surface area contributed by atoms with Crippen molar-refractivity contribution in [1.82, 2.24) is 4.90 Å². The maximum absolute atomic E-state index is 12.6. The molecule has 1 aromatic carbocycles. The van der Waals surface area contributed by atoms with Gasteiger partial charge in [0.15, 0.2) is 0 Å². The van der Waals surface area contributed by atoms with E-state index in [1.807, 2.05) is 0 Å². The molecule has 1 amide bonds. The van der Waals surface area contributed by atoms with Crippen molar-refractivity contribution >= 4 is 23.5 Å². The fourth-order valence-electron chi connectivity index (χ4n) is 3.46. The van der Waals surface area contributed by atoms with Gasteiger partial charge in [-0.05, 0) is 36.8 Å². The molecule has 0 radical (unpaired) electrons. The highest BCUT2D eigenvalue weighted by Gasteiger charge is 2.46. The molecular formula is C17H20ClNO4. The summed E-state index contributed by atoms with van der Waals surface area (Å²) in [6.45, 7) is 0.829. The van der Waals surface area contributed by atoms with Crippen LogP contribution in [-0.4, -0.2) is 42.1 Å². The number of halogens is 1. The van der Waals surface area contributed by atoms with Crippen LogP contribution in [0.15, 0.2) is 18.2 Å². The Morgan fingerprint density at radius 1 is 1.35 bits per heavy atom. The fraction of sp³-hybridized carbons (Fsp3) is 0.529. The van der Waals surface area contributed by atoms with Crippen LogP contribution in [0.5, 0.6) is 5.75 Å². The molecule has 1 N–H and O–H groups in total. The first kappa shape index (κ1) is 16.1. The molecule has 0 unspecified atom stereocenters. The molecule has 1 heterocycles. The molecule has 1 saturated carbocycles. The Bertz CT molecular complexity index is 629. The number of likely N-dealkylation sites (tertiary alicyclic amines) is 1. The first-order chi connectivity index (χ1) is 11.0. The Kier molecular flexibility index (Phi) is 4.48. The van der Waals surface area contributed by atoms with E-state index in [-0.39, 0.29) is 18.2 Å². The number of carboxylic acid groups (broad SMARTS) is 1. The number of aliphatic carboxylic acids is 1. The highest BCUT2D eigenvalue weighted by molar-refractivity contribution is 6.31. The summed E-state index contributed by atoms with van der Waals surface area (Å²) in [5.74, 6) is -0.204. The van der Waals surface area contributed by atoms with Gasteiger partial charge in [-0.25, -0.2) is 0 Å². The van der Waals surface area contributed by atoms with Crippen LogP contribution in [0.2, 0.25) is 5.02 Å². The van der Waals surface area contributed by atoms with Crippen molar-refractivity contribution in [3.8, 4) is 5.75 Å². The number of hydrogen-bond acceptors (Lipinski definition) is 3. The lowest BCUT2D eigenvalue weighted by Gasteiger charge is -2.18. The van der Waals surface area contributed by atoms with Crippen LogP contribution in [0.3, 0.4) is 0 Å². The van der Waals surface area contributed by atoms with Crippen LogP contribution >= 0.6 is 11.6 Å². The van der Waals surface area contributed by atoms with Crippen molar-refractivity contribution in [3.63, 3.8) is 0 Å². The van der Waals surface area contributed by atoms with Gasteiger partial charge in [-0.1, -0.05) is 17.7 Å². The van der Waals surface area contributed by atoms with E-state index in [0.29, 0.717) is 35.3 Å². The smallest absolute Gasteiger partial charge is 0.308 e. The van der Waals surface area contributed by atoms with E-state index in [1.165, 1.54) is 0 Å². The number of nitrogens with zero attached hydrogens (tertiary/aromatic N) is 1. The van der Waals surface area contributed by atoms with Crippen LogP contribution in [0, 0.1) is 17.8 Å². The lowest BCUT2D eigenvalue weighted by Crippen LogP contribution is -2.31. The Balaban J connectivity index is 1.73. The summed E-state index contributed by atoms with van der Waals surface area (Å²) in [7, 11) is 1.54. The molecule has 1 aliphatic heterocycles. The maximum atomic E-state index is 12.6. The van der Waals surface area contributed by atoms with Crippen LogP contribution in [0.4, 0.5) is 0 Å². The van der Waals surface area contributed by atoms with Crippen molar-refractivity contribution in [2.45, 2.75) is 19.3 Å². The molecule has 124 valence electrons. The molecule has 2 fully saturated rings. The topological polar surface area (TPSA) is 66.8 Å². The Morgan fingerprint density at radius 2 is 2.09 bits per heavy atom. The van der Waals surface area contributed by atoms with Crippen molar-refractivity contribution in [1.29, 1.82) is 0 Å². The van der Waals surface area contributed by atoms with Crippen molar-refractivity contribution in [3.05, 3.63) is 28.8 Å². The summed E-state index contributed by atoms with van der Waals surface area (Å²) in [5, 5.41) is 9.89. The summed E-state index contributed by atoms with van der Waals surface area (Å²) in [6.07, 6.45) is 2.29. The van der Waals surface area contributed by atoms with E-state index in [1.54, 1.807) is 30.2 Å². The minimum atomic E-state index is -0.799. The highest BCUT2D eigenvalue weighted by atomic mass is 35.5. The second kappa shape index (κ2) is 6.40. The number of amides is 1. The number of benzene rings is 1. The molecule has 2 aliphatic rings. The van der Waals surface area contributed by atoms with Gasteiger partial charge >= 0.3 is 5.97 Å². The third-order valence-corrected chi connectivity index (χ3v) is 5.24. The molecule has 0 spiro atoms. The van der Waals surface area contributed by atoms with Crippen LogP contribution in [0.1, 0.15) is 18.4 Å². The van der Waals surface area contributed by atoms with Crippen molar-refractivity contribution in [2.24, 2.45) is 17.8 Å². The predicted octanol–water partition coefficient (Wildman–Crippen LogP) is 2.46. The van der Waals surface area contributed by atoms with E-state index in [4.69, 9.17) is 16.3 Å². The summed E-state index contributed by atoms with van der Waals surface area (Å²) in [6, 6.07) is 5.27. The third kappa shape index (κ3) is 3.29. The van der Waals surface area contributed by atoms with Gasteiger partial charge in [-0.2, -0.15) is 0 Å². The molecule has 1 aliphatic carbocycles. The lowest BCUT2D eigenvalue weighted by molar-refractivity contribution is -0.142. The largest absolute Gasteiger partial charge is 0.496 e. The lowest BCUT2D eigenvalue weighted by atomic mass is 9.92. The van der Waals surface area contributed by atoms with E-state index < -0.39 is 11.9 Å². The van der Waals surface area contributed by atoms with E-state index >= 15 is 0 Å². The second-order valence-electron chi connectivity index (χ2n) is 6.34. The monoisotopic (exact) mass is 337 g/mol. The number of carboxylic acids is 1. The van der Waals surface area contributed by atoms with Crippen molar-refractivity contribution < 1.29 is 19.4 Å². The molecule has 23 heavy (non-hydrogen) atoms. The molecule has 0 bridgehead atoms. The molecule has 5 nitrogen and oxygen atoms in total. The van der Waals surface area contributed by atoms with Gasteiger partial charge in [0.05, 0.1) is 19.4 Å². The average molecular weight is 338 g/mol. The molecule has 3 rings (SSSR count). The molecule has 2 atom stereocenters. The Labute approximate surface area is 140 Å². The number of ether oxygens (including phenoxy) is 1. The molecular weight excluding hydrogens is 318 g/mol. The highest BCUT2D eigenvalue weighted by Crippen LogP contribution is 2.44. The van der Waals surface area contributed by atoms with E-state index in [2.05, 4.69) is 0 Å². The summed E-state index contributed by atoms with van der Waals surface area (Å²) in [4.78, 5) is 25.7. The van der Waals surface area contributed by atoms with Gasteiger partial charge in [0.2, 0.25) is 5.91 Å². The fourth-order valence-corrected chi connectivity index (χ4v) is 3.69. The normalized spacial score (nSPS) is 23.8. The van der Waals surface area contributed by atoms with Gasteiger partial charge < -0.3 is 14.7 Å². The standard InChI is InChI=1S/C17H20ClNO4/c1-23-15-4-2-3-14(18)11(15)7-16(20)19-8-12(10-5-6-10)13(9-19)17(21)22/h2-4,10,12-13H,5-9H2,1H3,(H,21,22)/t12-,13+/m1/s1. The van der Waals surface area contributed by atoms with Gasteiger partial charge in [-0.15, -0.1) is 0 Å². The Hall–Kier alpha value is -1.75. The van der Waals surface area contributed by atoms with Gasteiger partial charge in [-0.3, -0.25) is 9.59 Å². The van der Waals surface area contributed by atoms with Gasteiger partial charge in [0, 0.05) is 23.7 Å². The van der Waals surface area contributed by atoms with Crippen LogP contribution in [-0.2, 0) is 16.0 Å². The van der Waals surface area contributed by atoms with Gasteiger partial charge in [0.25, 0.3) is 0 Å². The second-order valence-corrected chi connectivity index (χ2v) is 6.75. The first-order valence-electron chi connectivity index (χ1n) is 7.83. The maximum Gasteiger partial charge on any atom is 0.308 e. The molecule has 1 aromatic rings. The third-order valence-electron chi connectivity index (χ3n) is 4.89. The number of carbonyl (C=O) groups is 2. The van der Waals surface area contributed by atoms with Crippen LogP contribution < -0.4 is 4.74 Å². The van der Waals surface area contributed by atoms with Crippen LogP contribution in [0.25, 0.3) is 0 Å². The molecule has 1 saturated heterocycles. The summed E-state index contributed by atoms with van der Waals surface area (Å²) in [5.41, 5.74) is 0.656. The zero-order valence-corrected chi connectivity index (χ0v) is 13.8. The van der Waals surface area contributed by atoms with E-state index in [9.17, 15) is 14.7 Å². The molecule has 6 heteroatoms. The van der Waals surface area contributed by atoms with Crippen molar-refractivity contribution in [2.75, 3.05) is 20.2 Å². The summed E-state index contributed by atoms with van der Waals surface area (Å²) < 4.78 is 5.27.